The standard InChI is InChI=1S/C16H15NO5/c1-3-22-16(21)12-9(2)11(13(17-12)15(19)20)14(18)10-7-5-4-6-8-10/h4-8,17H,3H2,1-2H3,(H,19,20). The molecule has 114 valence electrons. The fraction of sp³-hybridized carbons (Fsp3) is 0.188. The predicted octanol–water partition coefficient (Wildman–Crippen LogP) is 2.43. The van der Waals surface area contributed by atoms with Crippen LogP contribution in [0, 0.1) is 6.92 Å². The van der Waals surface area contributed by atoms with Crippen LogP contribution >= 0.6 is 0 Å². The van der Waals surface area contributed by atoms with E-state index < -0.39 is 17.7 Å². The summed E-state index contributed by atoms with van der Waals surface area (Å²) in [5.41, 5.74) is 0.266. The van der Waals surface area contributed by atoms with E-state index >= 15 is 0 Å². The number of aromatic carboxylic acids is 1. The Labute approximate surface area is 126 Å². The molecule has 0 bridgehead atoms. The number of aromatic amines is 1. The number of ether oxygens (including phenoxy) is 1. The summed E-state index contributed by atoms with van der Waals surface area (Å²) in [5.74, 6) is -2.45. The molecule has 0 amide bonds. The maximum Gasteiger partial charge on any atom is 0.355 e. The molecule has 1 heterocycles. The van der Waals surface area contributed by atoms with Gasteiger partial charge in [0.15, 0.2) is 5.78 Å². The highest BCUT2D eigenvalue weighted by Gasteiger charge is 2.28. The third-order valence-electron chi connectivity index (χ3n) is 3.21. The van der Waals surface area contributed by atoms with Crippen molar-refractivity contribution in [2.45, 2.75) is 13.8 Å². The van der Waals surface area contributed by atoms with Crippen LogP contribution in [0.15, 0.2) is 30.3 Å². The summed E-state index contributed by atoms with van der Waals surface area (Å²) in [6.07, 6.45) is 0. The topological polar surface area (TPSA) is 96.5 Å². The van der Waals surface area contributed by atoms with Crippen molar-refractivity contribution in [3.63, 3.8) is 0 Å². The van der Waals surface area contributed by atoms with Crippen LogP contribution in [0.2, 0.25) is 0 Å². The van der Waals surface area contributed by atoms with Crippen LogP contribution in [-0.4, -0.2) is 34.4 Å². The molecule has 0 unspecified atom stereocenters. The van der Waals surface area contributed by atoms with Gasteiger partial charge >= 0.3 is 11.9 Å². The van der Waals surface area contributed by atoms with Gasteiger partial charge in [-0.25, -0.2) is 9.59 Å². The number of carbonyl (C=O) groups excluding carboxylic acids is 2. The molecule has 0 aliphatic rings. The van der Waals surface area contributed by atoms with Gasteiger partial charge in [0.1, 0.15) is 11.4 Å². The molecule has 0 saturated carbocycles. The molecule has 6 nitrogen and oxygen atoms in total. The first-order chi connectivity index (χ1) is 10.5. The number of aromatic nitrogens is 1. The summed E-state index contributed by atoms with van der Waals surface area (Å²) in [7, 11) is 0. The summed E-state index contributed by atoms with van der Waals surface area (Å²) < 4.78 is 4.87. The van der Waals surface area contributed by atoms with Gasteiger partial charge in [-0.3, -0.25) is 4.79 Å². The molecule has 1 aromatic carbocycles. The Morgan fingerprint density at radius 1 is 1.14 bits per heavy atom. The molecule has 2 aromatic rings. The number of hydrogen-bond acceptors (Lipinski definition) is 4. The van der Waals surface area contributed by atoms with Gasteiger partial charge in [-0.05, 0) is 19.4 Å². The molecule has 0 saturated heterocycles. The van der Waals surface area contributed by atoms with E-state index in [1.54, 1.807) is 37.3 Å². The summed E-state index contributed by atoms with van der Waals surface area (Å²) in [5, 5.41) is 9.28. The third kappa shape index (κ3) is 2.76. The molecule has 0 fully saturated rings. The summed E-state index contributed by atoms with van der Waals surface area (Å²) >= 11 is 0. The van der Waals surface area contributed by atoms with Crippen LogP contribution < -0.4 is 0 Å². The van der Waals surface area contributed by atoms with E-state index in [9.17, 15) is 19.5 Å². The smallest absolute Gasteiger partial charge is 0.355 e. The largest absolute Gasteiger partial charge is 0.477 e. The van der Waals surface area contributed by atoms with E-state index in [4.69, 9.17) is 4.74 Å². The average Bonchev–Trinajstić information content (AvgIpc) is 2.85. The van der Waals surface area contributed by atoms with E-state index in [2.05, 4.69) is 4.98 Å². The second-order valence-corrected chi connectivity index (χ2v) is 4.60. The summed E-state index contributed by atoms with van der Waals surface area (Å²) in [6.45, 7) is 3.32. The second-order valence-electron chi connectivity index (χ2n) is 4.60. The Bertz CT molecular complexity index is 730. The van der Waals surface area contributed by atoms with E-state index in [1.165, 1.54) is 6.92 Å². The van der Waals surface area contributed by atoms with Crippen LogP contribution in [-0.2, 0) is 4.74 Å². The Kier molecular flexibility index (Phi) is 4.41. The molecule has 0 spiro atoms. The van der Waals surface area contributed by atoms with Crippen molar-refractivity contribution in [3.8, 4) is 0 Å². The lowest BCUT2D eigenvalue weighted by atomic mass is 9.99. The number of carbonyl (C=O) groups is 3. The van der Waals surface area contributed by atoms with Gasteiger partial charge in [0, 0.05) is 5.56 Å². The first-order valence-corrected chi connectivity index (χ1v) is 6.70. The van der Waals surface area contributed by atoms with Crippen molar-refractivity contribution >= 4 is 17.7 Å². The lowest BCUT2D eigenvalue weighted by Crippen LogP contribution is -2.09. The number of benzene rings is 1. The molecular weight excluding hydrogens is 286 g/mol. The maximum absolute atomic E-state index is 12.6. The number of carboxylic acid groups (broad SMARTS) is 1. The number of hydrogen-bond donors (Lipinski definition) is 2. The first-order valence-electron chi connectivity index (χ1n) is 6.70. The number of ketones is 1. The highest BCUT2D eigenvalue weighted by atomic mass is 16.5. The van der Waals surface area contributed by atoms with Gasteiger partial charge in [0.05, 0.1) is 12.2 Å². The van der Waals surface area contributed by atoms with E-state index in [0.29, 0.717) is 5.56 Å². The SMILES string of the molecule is CCOC(=O)c1[nH]c(C(=O)O)c(C(=O)c2ccccc2)c1C. The minimum absolute atomic E-state index is 0.0152. The maximum atomic E-state index is 12.6. The summed E-state index contributed by atoms with van der Waals surface area (Å²) in [4.78, 5) is 38.3. The van der Waals surface area contributed by atoms with E-state index in [0.717, 1.165) is 0 Å². The highest BCUT2D eigenvalue weighted by Crippen LogP contribution is 2.23. The lowest BCUT2D eigenvalue weighted by Gasteiger charge is -2.03. The highest BCUT2D eigenvalue weighted by molar-refractivity contribution is 6.16. The Morgan fingerprint density at radius 3 is 2.32 bits per heavy atom. The summed E-state index contributed by atoms with van der Waals surface area (Å²) in [6, 6.07) is 8.29. The zero-order chi connectivity index (χ0) is 16.3. The molecule has 6 heteroatoms. The minimum Gasteiger partial charge on any atom is -0.477 e. The monoisotopic (exact) mass is 301 g/mol. The van der Waals surface area contributed by atoms with Crippen molar-refractivity contribution in [2.24, 2.45) is 0 Å². The van der Waals surface area contributed by atoms with Crippen LogP contribution in [0.5, 0.6) is 0 Å². The number of esters is 1. The molecule has 0 aliphatic carbocycles. The van der Waals surface area contributed by atoms with Crippen molar-refractivity contribution in [1.82, 2.24) is 4.98 Å². The number of nitrogens with one attached hydrogen (secondary N) is 1. The van der Waals surface area contributed by atoms with Crippen molar-refractivity contribution < 1.29 is 24.2 Å². The van der Waals surface area contributed by atoms with Crippen LogP contribution in [0.4, 0.5) is 0 Å². The van der Waals surface area contributed by atoms with Gasteiger partial charge in [-0.15, -0.1) is 0 Å². The molecular formula is C16H15NO5. The molecule has 0 atom stereocenters. The molecule has 1 aromatic heterocycles. The third-order valence-corrected chi connectivity index (χ3v) is 3.21. The molecule has 2 rings (SSSR count). The van der Waals surface area contributed by atoms with Gasteiger partial charge in [0.25, 0.3) is 0 Å². The Balaban J connectivity index is 2.57. The predicted molar refractivity (Wildman–Crippen MR) is 78.3 cm³/mol. The van der Waals surface area contributed by atoms with Crippen LogP contribution in [0.25, 0.3) is 0 Å². The number of carboxylic acids is 1. The molecule has 2 N–H and O–H groups in total. The van der Waals surface area contributed by atoms with Gasteiger partial charge in [0.2, 0.25) is 0 Å². The Morgan fingerprint density at radius 2 is 1.77 bits per heavy atom. The fourth-order valence-electron chi connectivity index (χ4n) is 2.18. The zero-order valence-corrected chi connectivity index (χ0v) is 12.2. The van der Waals surface area contributed by atoms with Crippen LogP contribution in [0.1, 0.15) is 49.4 Å². The lowest BCUT2D eigenvalue weighted by molar-refractivity contribution is 0.0519. The van der Waals surface area contributed by atoms with Gasteiger partial charge < -0.3 is 14.8 Å². The molecule has 0 aliphatic heterocycles. The normalized spacial score (nSPS) is 10.3. The number of rotatable bonds is 5. The van der Waals surface area contributed by atoms with Crippen molar-refractivity contribution in [1.29, 1.82) is 0 Å². The van der Waals surface area contributed by atoms with Gasteiger partial charge in [-0.2, -0.15) is 0 Å². The quantitative estimate of drug-likeness (QED) is 0.653. The second kappa shape index (κ2) is 6.26. The number of H-pyrrole nitrogens is 1. The van der Waals surface area contributed by atoms with E-state index in [1.807, 2.05) is 0 Å². The Hall–Kier alpha value is -2.89. The van der Waals surface area contributed by atoms with Crippen molar-refractivity contribution in [2.75, 3.05) is 6.61 Å². The molecule has 0 radical (unpaired) electrons. The minimum atomic E-state index is -1.31. The van der Waals surface area contributed by atoms with Crippen molar-refractivity contribution in [3.05, 3.63) is 58.4 Å². The molecule has 22 heavy (non-hydrogen) atoms. The van der Waals surface area contributed by atoms with Gasteiger partial charge in [-0.1, -0.05) is 30.3 Å². The fourth-order valence-corrected chi connectivity index (χ4v) is 2.18. The zero-order valence-electron chi connectivity index (χ0n) is 12.2. The first kappa shape index (κ1) is 15.5. The van der Waals surface area contributed by atoms with E-state index in [-0.39, 0.29) is 29.1 Å². The van der Waals surface area contributed by atoms with Crippen LogP contribution in [0.3, 0.4) is 0 Å². The average molecular weight is 301 g/mol.